The fourth-order valence-electron chi connectivity index (χ4n) is 2.22. The summed E-state index contributed by atoms with van der Waals surface area (Å²) in [5, 5.41) is 6.12. The maximum absolute atomic E-state index is 12.1. The van der Waals surface area contributed by atoms with Gasteiger partial charge in [0.15, 0.2) is 11.5 Å². The van der Waals surface area contributed by atoms with Crippen molar-refractivity contribution in [3.8, 4) is 11.5 Å². The topological polar surface area (TPSA) is 59.6 Å². The van der Waals surface area contributed by atoms with Crippen molar-refractivity contribution in [1.82, 2.24) is 5.32 Å². The Bertz CT molecular complexity index is 448. The van der Waals surface area contributed by atoms with Crippen molar-refractivity contribution in [2.45, 2.75) is 25.3 Å². The van der Waals surface area contributed by atoms with Gasteiger partial charge < -0.3 is 20.1 Å². The van der Waals surface area contributed by atoms with Gasteiger partial charge in [-0.15, -0.1) is 12.4 Å². The molecule has 0 aromatic heterocycles. The normalized spacial score (nSPS) is 17.8. The summed E-state index contributed by atoms with van der Waals surface area (Å²) in [4.78, 5) is 12.1. The molecule has 6 heteroatoms. The Morgan fingerprint density at radius 2 is 2.00 bits per heavy atom. The highest BCUT2D eigenvalue weighted by atomic mass is 35.5. The molecule has 0 saturated carbocycles. The highest BCUT2D eigenvalue weighted by Gasteiger charge is 2.20. The number of hydrogen-bond donors (Lipinski definition) is 2. The molecule has 1 atom stereocenters. The summed E-state index contributed by atoms with van der Waals surface area (Å²) in [5.74, 6) is 1.26. The van der Waals surface area contributed by atoms with Crippen LogP contribution in [0.25, 0.3) is 0 Å². The van der Waals surface area contributed by atoms with Crippen LogP contribution in [0.4, 0.5) is 5.69 Å². The van der Waals surface area contributed by atoms with Gasteiger partial charge in [-0.25, -0.2) is 0 Å². The lowest BCUT2D eigenvalue weighted by Crippen LogP contribution is -2.43. The molecular weight excluding hydrogens is 280 g/mol. The van der Waals surface area contributed by atoms with Gasteiger partial charge in [-0.3, -0.25) is 4.79 Å². The second kappa shape index (κ2) is 7.97. The molecule has 1 unspecified atom stereocenters. The maximum atomic E-state index is 12.1. The average molecular weight is 301 g/mol. The van der Waals surface area contributed by atoms with Crippen molar-refractivity contribution in [3.05, 3.63) is 18.2 Å². The summed E-state index contributed by atoms with van der Waals surface area (Å²) in [7, 11) is 3.16. The van der Waals surface area contributed by atoms with Crippen molar-refractivity contribution in [2.24, 2.45) is 0 Å². The lowest BCUT2D eigenvalue weighted by molar-refractivity contribution is -0.118. The standard InChI is InChI=1S/C14H20N2O3.ClH/c1-18-12-7-6-10(9-13(12)19-2)16-14(17)11-5-3-4-8-15-11;/h6-7,9,11,15H,3-5,8H2,1-2H3,(H,16,17);1H. The largest absolute Gasteiger partial charge is 0.493 e. The van der Waals surface area contributed by atoms with Crippen LogP contribution in [0.2, 0.25) is 0 Å². The molecule has 1 aliphatic heterocycles. The molecule has 0 bridgehead atoms. The van der Waals surface area contributed by atoms with Gasteiger partial charge in [-0.2, -0.15) is 0 Å². The molecule has 2 rings (SSSR count). The molecular formula is C14H21ClN2O3. The van der Waals surface area contributed by atoms with E-state index in [4.69, 9.17) is 9.47 Å². The monoisotopic (exact) mass is 300 g/mol. The summed E-state index contributed by atoms with van der Waals surface area (Å²) >= 11 is 0. The van der Waals surface area contributed by atoms with E-state index in [9.17, 15) is 4.79 Å². The molecule has 20 heavy (non-hydrogen) atoms. The molecule has 1 aromatic carbocycles. The van der Waals surface area contributed by atoms with E-state index >= 15 is 0 Å². The first kappa shape index (κ1) is 16.6. The van der Waals surface area contributed by atoms with Crippen LogP contribution in [-0.4, -0.2) is 32.7 Å². The quantitative estimate of drug-likeness (QED) is 0.895. The Morgan fingerprint density at radius 1 is 1.25 bits per heavy atom. The molecule has 1 heterocycles. The predicted molar refractivity (Wildman–Crippen MR) is 81.1 cm³/mol. The van der Waals surface area contributed by atoms with Crippen LogP contribution >= 0.6 is 12.4 Å². The fraction of sp³-hybridized carbons (Fsp3) is 0.500. The van der Waals surface area contributed by atoms with E-state index in [-0.39, 0.29) is 24.4 Å². The Kier molecular flexibility index (Phi) is 6.61. The second-order valence-electron chi connectivity index (χ2n) is 4.56. The first-order chi connectivity index (χ1) is 9.24. The van der Waals surface area contributed by atoms with Crippen molar-refractivity contribution >= 4 is 24.0 Å². The van der Waals surface area contributed by atoms with Gasteiger partial charge in [-0.05, 0) is 31.5 Å². The molecule has 1 fully saturated rings. The molecule has 112 valence electrons. The van der Waals surface area contributed by atoms with Crippen LogP contribution in [0, 0.1) is 0 Å². The fourth-order valence-corrected chi connectivity index (χ4v) is 2.22. The van der Waals surface area contributed by atoms with Gasteiger partial charge in [0.25, 0.3) is 0 Å². The van der Waals surface area contributed by atoms with Gasteiger partial charge in [0, 0.05) is 11.8 Å². The van der Waals surface area contributed by atoms with Gasteiger partial charge in [0.1, 0.15) is 0 Å². The van der Waals surface area contributed by atoms with E-state index in [1.54, 1.807) is 26.4 Å². The number of hydrogen-bond acceptors (Lipinski definition) is 4. The molecule has 0 aliphatic carbocycles. The van der Waals surface area contributed by atoms with E-state index in [2.05, 4.69) is 10.6 Å². The number of carbonyl (C=O) groups excluding carboxylic acids is 1. The third-order valence-electron chi connectivity index (χ3n) is 3.28. The molecule has 1 aliphatic rings. The van der Waals surface area contributed by atoms with Crippen LogP contribution in [0.3, 0.4) is 0 Å². The van der Waals surface area contributed by atoms with E-state index in [1.807, 2.05) is 6.07 Å². The Morgan fingerprint density at radius 3 is 2.60 bits per heavy atom. The number of piperidine rings is 1. The lowest BCUT2D eigenvalue weighted by Gasteiger charge is -2.22. The number of anilines is 1. The van der Waals surface area contributed by atoms with Gasteiger partial charge in [-0.1, -0.05) is 6.42 Å². The van der Waals surface area contributed by atoms with Crippen LogP contribution in [0.1, 0.15) is 19.3 Å². The van der Waals surface area contributed by atoms with Gasteiger partial charge in [0.2, 0.25) is 5.91 Å². The summed E-state index contributed by atoms with van der Waals surface area (Å²) < 4.78 is 10.4. The van der Waals surface area contributed by atoms with Crippen molar-refractivity contribution in [2.75, 3.05) is 26.1 Å². The lowest BCUT2D eigenvalue weighted by atomic mass is 10.0. The Labute approximate surface area is 125 Å². The number of methoxy groups -OCH3 is 2. The number of ether oxygens (including phenoxy) is 2. The molecule has 1 aromatic rings. The zero-order valence-corrected chi connectivity index (χ0v) is 12.6. The van der Waals surface area contributed by atoms with E-state index in [0.29, 0.717) is 11.5 Å². The predicted octanol–water partition coefficient (Wildman–Crippen LogP) is 2.21. The third kappa shape index (κ3) is 4.02. The number of benzene rings is 1. The van der Waals surface area contributed by atoms with Gasteiger partial charge >= 0.3 is 0 Å². The van der Waals surface area contributed by atoms with E-state index in [0.717, 1.165) is 31.5 Å². The highest BCUT2D eigenvalue weighted by Crippen LogP contribution is 2.29. The number of amides is 1. The number of carbonyl (C=O) groups is 1. The Hall–Kier alpha value is -1.46. The molecule has 5 nitrogen and oxygen atoms in total. The summed E-state index contributed by atoms with van der Waals surface area (Å²) in [5.41, 5.74) is 0.718. The molecule has 2 N–H and O–H groups in total. The number of rotatable bonds is 4. The van der Waals surface area contributed by atoms with E-state index in [1.165, 1.54) is 0 Å². The molecule has 1 amide bonds. The minimum atomic E-state index is -0.0955. The van der Waals surface area contributed by atoms with Crippen molar-refractivity contribution < 1.29 is 14.3 Å². The van der Waals surface area contributed by atoms with E-state index < -0.39 is 0 Å². The number of nitrogens with one attached hydrogen (secondary N) is 2. The minimum Gasteiger partial charge on any atom is -0.493 e. The van der Waals surface area contributed by atoms with Crippen LogP contribution < -0.4 is 20.1 Å². The SMILES string of the molecule is COc1ccc(NC(=O)C2CCCCN2)cc1OC.Cl. The smallest absolute Gasteiger partial charge is 0.241 e. The minimum absolute atomic E-state index is 0. The Balaban J connectivity index is 0.00000200. The average Bonchev–Trinajstić information content (AvgIpc) is 2.48. The molecule has 0 radical (unpaired) electrons. The van der Waals surface area contributed by atoms with Crippen LogP contribution in [0.5, 0.6) is 11.5 Å². The second-order valence-corrected chi connectivity index (χ2v) is 4.56. The zero-order valence-electron chi connectivity index (χ0n) is 11.8. The molecule has 0 spiro atoms. The zero-order chi connectivity index (χ0) is 13.7. The van der Waals surface area contributed by atoms with Crippen LogP contribution in [-0.2, 0) is 4.79 Å². The first-order valence-corrected chi connectivity index (χ1v) is 6.51. The number of halogens is 1. The first-order valence-electron chi connectivity index (χ1n) is 6.51. The van der Waals surface area contributed by atoms with Gasteiger partial charge in [0.05, 0.1) is 20.3 Å². The maximum Gasteiger partial charge on any atom is 0.241 e. The third-order valence-corrected chi connectivity index (χ3v) is 3.28. The summed E-state index contributed by atoms with van der Waals surface area (Å²) in [6.45, 7) is 0.907. The highest BCUT2D eigenvalue weighted by molar-refractivity contribution is 5.95. The molecule has 1 saturated heterocycles. The summed E-state index contributed by atoms with van der Waals surface area (Å²) in [6, 6.07) is 5.26. The van der Waals surface area contributed by atoms with Crippen molar-refractivity contribution in [3.63, 3.8) is 0 Å². The van der Waals surface area contributed by atoms with Crippen LogP contribution in [0.15, 0.2) is 18.2 Å². The summed E-state index contributed by atoms with van der Waals surface area (Å²) in [6.07, 6.45) is 3.12. The van der Waals surface area contributed by atoms with Crippen molar-refractivity contribution in [1.29, 1.82) is 0 Å².